The largest absolute Gasteiger partial charge is 0.381 e. The van der Waals surface area contributed by atoms with Crippen molar-refractivity contribution in [2.24, 2.45) is 0 Å². The summed E-state index contributed by atoms with van der Waals surface area (Å²) in [7, 11) is -3.26. The molecule has 1 aliphatic heterocycles. The second-order valence-electron chi connectivity index (χ2n) is 4.60. The van der Waals surface area contributed by atoms with Gasteiger partial charge in [0, 0.05) is 19.6 Å². The molecule has 0 spiro atoms. The molecule has 0 amide bonds. The Balaban J connectivity index is 2.13. The van der Waals surface area contributed by atoms with Gasteiger partial charge < -0.3 is 4.74 Å². The van der Waals surface area contributed by atoms with Gasteiger partial charge in [0.25, 0.3) is 0 Å². The number of carbonyl (C=O) groups excluding carboxylic acids is 1. The van der Waals surface area contributed by atoms with Crippen LogP contribution in [0.2, 0.25) is 0 Å². The molecular formula is C11H18O4S. The van der Waals surface area contributed by atoms with Crippen molar-refractivity contribution in [1.29, 1.82) is 0 Å². The Hall–Kier alpha value is -0.420. The molecule has 0 aromatic heterocycles. The van der Waals surface area contributed by atoms with E-state index in [1.165, 1.54) is 0 Å². The zero-order valence-corrected chi connectivity index (χ0v) is 10.2. The maximum Gasteiger partial charge on any atom is 0.163 e. The van der Waals surface area contributed by atoms with Crippen molar-refractivity contribution in [2.75, 3.05) is 13.2 Å². The van der Waals surface area contributed by atoms with E-state index in [4.69, 9.17) is 4.74 Å². The van der Waals surface area contributed by atoms with Crippen LogP contribution in [0.25, 0.3) is 0 Å². The van der Waals surface area contributed by atoms with E-state index in [1.807, 2.05) is 0 Å². The fourth-order valence-electron chi connectivity index (χ4n) is 2.54. The maximum atomic E-state index is 12.3. The van der Waals surface area contributed by atoms with E-state index in [0.717, 1.165) is 12.8 Å². The molecule has 0 aromatic carbocycles. The van der Waals surface area contributed by atoms with Gasteiger partial charge in [-0.1, -0.05) is 6.42 Å². The second kappa shape index (κ2) is 4.84. The summed E-state index contributed by atoms with van der Waals surface area (Å²) >= 11 is 0. The van der Waals surface area contributed by atoms with E-state index < -0.39 is 15.1 Å². The van der Waals surface area contributed by atoms with E-state index in [1.54, 1.807) is 0 Å². The van der Waals surface area contributed by atoms with Crippen molar-refractivity contribution in [3.63, 3.8) is 0 Å². The average Bonchev–Trinajstić information content (AvgIpc) is 2.30. The summed E-state index contributed by atoms with van der Waals surface area (Å²) in [5.41, 5.74) is 0. The van der Waals surface area contributed by atoms with Gasteiger partial charge in [-0.25, -0.2) is 8.42 Å². The summed E-state index contributed by atoms with van der Waals surface area (Å²) in [6.07, 6.45) is 3.77. The lowest BCUT2D eigenvalue weighted by Gasteiger charge is -2.28. The molecule has 0 N–H and O–H groups in total. The quantitative estimate of drug-likeness (QED) is 0.732. The molecule has 0 bridgehead atoms. The molecule has 16 heavy (non-hydrogen) atoms. The molecule has 1 aliphatic carbocycles. The zero-order chi connectivity index (χ0) is 11.6. The summed E-state index contributed by atoms with van der Waals surface area (Å²) < 4.78 is 29.7. The fourth-order valence-corrected chi connectivity index (χ4v) is 4.83. The lowest BCUT2D eigenvalue weighted by Crippen LogP contribution is -2.41. The second-order valence-corrected chi connectivity index (χ2v) is 7.02. The molecular weight excluding hydrogens is 228 g/mol. The number of Topliss-reactive ketones (excluding diaryl/α,β-unsaturated/α-hetero) is 1. The normalized spacial score (nSPS) is 29.2. The van der Waals surface area contributed by atoms with Crippen molar-refractivity contribution in [3.05, 3.63) is 0 Å². The van der Waals surface area contributed by atoms with Gasteiger partial charge in [-0.15, -0.1) is 0 Å². The van der Waals surface area contributed by atoms with Crippen LogP contribution in [0.4, 0.5) is 0 Å². The summed E-state index contributed by atoms with van der Waals surface area (Å²) in [6.45, 7) is 1.01. The molecule has 1 saturated carbocycles. The van der Waals surface area contributed by atoms with Crippen molar-refractivity contribution in [3.8, 4) is 0 Å². The first-order valence-corrected chi connectivity index (χ1v) is 7.56. The van der Waals surface area contributed by atoms with E-state index in [2.05, 4.69) is 0 Å². The standard InChI is InChI=1S/C11H18O4S/c12-10-3-1-2-4-11(10)16(13,14)9-5-7-15-8-6-9/h9,11H,1-8H2. The minimum absolute atomic E-state index is 0.0715. The Kier molecular flexibility index (Phi) is 3.64. The average molecular weight is 246 g/mol. The minimum Gasteiger partial charge on any atom is -0.381 e. The Bertz CT molecular complexity index is 354. The first-order valence-electron chi connectivity index (χ1n) is 5.95. The summed E-state index contributed by atoms with van der Waals surface area (Å²) in [5.74, 6) is -0.0715. The third-order valence-electron chi connectivity index (χ3n) is 3.53. The summed E-state index contributed by atoms with van der Waals surface area (Å²) in [6, 6.07) is 0. The number of carbonyl (C=O) groups is 1. The number of ketones is 1. The molecule has 2 rings (SSSR count). The van der Waals surface area contributed by atoms with Crippen molar-refractivity contribution >= 4 is 15.6 Å². The lowest BCUT2D eigenvalue weighted by atomic mass is 9.99. The first-order chi connectivity index (χ1) is 7.62. The topological polar surface area (TPSA) is 60.4 Å². The van der Waals surface area contributed by atoms with Crippen LogP contribution in [-0.4, -0.2) is 37.9 Å². The van der Waals surface area contributed by atoms with Crippen LogP contribution >= 0.6 is 0 Å². The van der Waals surface area contributed by atoms with Gasteiger partial charge >= 0.3 is 0 Å². The van der Waals surface area contributed by atoms with Gasteiger partial charge in [0.05, 0.1) is 5.25 Å². The monoisotopic (exact) mass is 246 g/mol. The molecule has 1 heterocycles. The van der Waals surface area contributed by atoms with Crippen LogP contribution in [0.1, 0.15) is 38.5 Å². The van der Waals surface area contributed by atoms with Gasteiger partial charge in [-0.2, -0.15) is 0 Å². The van der Waals surface area contributed by atoms with Gasteiger partial charge in [0.1, 0.15) is 5.25 Å². The molecule has 2 aliphatic rings. The Morgan fingerprint density at radius 1 is 1.06 bits per heavy atom. The predicted octanol–water partition coefficient (Wildman–Crippen LogP) is 1.09. The van der Waals surface area contributed by atoms with Crippen LogP contribution in [0.15, 0.2) is 0 Å². The molecule has 0 aromatic rings. The van der Waals surface area contributed by atoms with Crippen LogP contribution in [0.5, 0.6) is 0 Å². The number of hydrogen-bond acceptors (Lipinski definition) is 4. The molecule has 92 valence electrons. The highest BCUT2D eigenvalue weighted by Crippen LogP contribution is 2.27. The molecule has 1 unspecified atom stereocenters. The first kappa shape index (κ1) is 12.0. The molecule has 4 nitrogen and oxygen atoms in total. The molecule has 0 radical (unpaired) electrons. The SMILES string of the molecule is O=C1CCCCC1S(=O)(=O)C1CCOCC1. The lowest BCUT2D eigenvalue weighted by molar-refractivity contribution is -0.119. The molecule has 5 heteroatoms. The Morgan fingerprint density at radius 3 is 2.38 bits per heavy atom. The van der Waals surface area contributed by atoms with Crippen LogP contribution in [0.3, 0.4) is 0 Å². The van der Waals surface area contributed by atoms with Crippen molar-refractivity contribution < 1.29 is 17.9 Å². The molecule has 2 fully saturated rings. The van der Waals surface area contributed by atoms with Crippen LogP contribution in [-0.2, 0) is 19.4 Å². The summed E-state index contributed by atoms with van der Waals surface area (Å²) in [5, 5.41) is -1.07. The van der Waals surface area contributed by atoms with E-state index in [-0.39, 0.29) is 11.0 Å². The summed E-state index contributed by atoms with van der Waals surface area (Å²) in [4.78, 5) is 11.7. The third-order valence-corrected chi connectivity index (χ3v) is 6.22. The van der Waals surface area contributed by atoms with Gasteiger partial charge in [-0.3, -0.25) is 4.79 Å². The zero-order valence-electron chi connectivity index (χ0n) is 9.35. The van der Waals surface area contributed by atoms with Gasteiger partial charge in [0.15, 0.2) is 15.6 Å². The number of sulfone groups is 1. The molecule has 1 saturated heterocycles. The predicted molar refractivity (Wildman–Crippen MR) is 60.0 cm³/mol. The van der Waals surface area contributed by atoms with Gasteiger partial charge in [0.2, 0.25) is 0 Å². The number of rotatable bonds is 2. The smallest absolute Gasteiger partial charge is 0.163 e. The molecule has 1 atom stereocenters. The van der Waals surface area contributed by atoms with E-state index in [9.17, 15) is 13.2 Å². The van der Waals surface area contributed by atoms with E-state index >= 15 is 0 Å². The van der Waals surface area contributed by atoms with Crippen molar-refractivity contribution in [2.45, 2.75) is 49.0 Å². The highest BCUT2D eigenvalue weighted by molar-refractivity contribution is 7.93. The van der Waals surface area contributed by atoms with Crippen molar-refractivity contribution in [1.82, 2.24) is 0 Å². The number of ether oxygens (including phenoxy) is 1. The number of hydrogen-bond donors (Lipinski definition) is 0. The Labute approximate surface area is 96.3 Å². The van der Waals surface area contributed by atoms with Crippen LogP contribution in [0, 0.1) is 0 Å². The maximum absolute atomic E-state index is 12.3. The Morgan fingerprint density at radius 2 is 1.75 bits per heavy atom. The highest BCUT2D eigenvalue weighted by Gasteiger charge is 2.39. The fraction of sp³-hybridized carbons (Fsp3) is 0.909. The van der Waals surface area contributed by atoms with E-state index in [0.29, 0.717) is 38.9 Å². The van der Waals surface area contributed by atoms with Crippen LogP contribution < -0.4 is 0 Å². The van der Waals surface area contributed by atoms with Gasteiger partial charge in [-0.05, 0) is 25.7 Å². The third kappa shape index (κ3) is 2.30. The highest BCUT2D eigenvalue weighted by atomic mass is 32.2. The minimum atomic E-state index is -3.26.